The summed E-state index contributed by atoms with van der Waals surface area (Å²) in [5.41, 5.74) is 7.37. The first-order valence-electron chi connectivity index (χ1n) is 17.0. The molecule has 6 aromatic carbocycles. The van der Waals surface area contributed by atoms with Gasteiger partial charge in [-0.05, 0) is 90.1 Å². The monoisotopic (exact) mass is 712 g/mol. The Kier molecular flexibility index (Phi) is 15.4. The molecular weight excluding hydrogens is 672 g/mol. The molecule has 7 heteroatoms. The molecule has 0 aliphatic carbocycles. The van der Waals surface area contributed by atoms with Crippen molar-refractivity contribution < 1.29 is 29.3 Å². The van der Waals surface area contributed by atoms with Crippen LogP contribution in [0.4, 0.5) is 0 Å². The molecule has 0 fully saturated rings. The van der Waals surface area contributed by atoms with Crippen LogP contribution < -0.4 is 0 Å². The summed E-state index contributed by atoms with van der Waals surface area (Å²) in [6, 6.07) is 51.9. The van der Waals surface area contributed by atoms with Gasteiger partial charge in [0, 0.05) is 0 Å². The van der Waals surface area contributed by atoms with Crippen molar-refractivity contribution in [1.29, 1.82) is 0 Å². The molecule has 0 aliphatic rings. The normalized spacial score (nSPS) is 10.2. The number of aryl methyl sites for hydroxylation is 6. The van der Waals surface area contributed by atoms with Gasteiger partial charge in [-0.15, -0.1) is 12.4 Å². The Bertz CT molecular complexity index is 1910. The second-order valence-electron chi connectivity index (χ2n) is 12.0. The van der Waals surface area contributed by atoms with Crippen LogP contribution >= 0.6 is 12.4 Å². The lowest BCUT2D eigenvalue weighted by Crippen LogP contribution is -2.15. The van der Waals surface area contributed by atoms with E-state index in [4.69, 9.17) is 14.9 Å². The number of halogens is 1. The molecule has 52 heavy (non-hydrogen) atoms. The third-order valence-corrected chi connectivity index (χ3v) is 8.49. The Labute approximate surface area is 311 Å². The number of hydrogen-bond donors (Lipinski definition) is 1. The van der Waals surface area contributed by atoms with Gasteiger partial charge in [0.1, 0.15) is 0 Å². The largest absolute Gasteiger partial charge is 0.478 e. The fraction of sp³-hybridized carbons (Fsp3) is 0.133. The summed E-state index contributed by atoms with van der Waals surface area (Å²) in [6.45, 7) is 0. The Hall–Kier alpha value is -5.98. The van der Waals surface area contributed by atoms with Gasteiger partial charge in [-0.3, -0.25) is 0 Å². The molecule has 0 aromatic heterocycles. The van der Waals surface area contributed by atoms with Crippen molar-refractivity contribution in [3.63, 3.8) is 0 Å². The maximum absolute atomic E-state index is 12.7. The summed E-state index contributed by atoms with van der Waals surface area (Å²) in [7, 11) is 0. The minimum Gasteiger partial charge on any atom is -0.478 e. The molecule has 0 spiro atoms. The van der Waals surface area contributed by atoms with E-state index in [9.17, 15) is 14.4 Å². The predicted molar refractivity (Wildman–Crippen MR) is 206 cm³/mol. The van der Waals surface area contributed by atoms with Crippen molar-refractivity contribution in [1.82, 2.24) is 0 Å². The molecule has 0 amide bonds. The second-order valence-corrected chi connectivity index (χ2v) is 12.0. The Morgan fingerprint density at radius 3 is 0.962 bits per heavy atom. The molecule has 1 N–H and O–H groups in total. The number of hydrogen-bond acceptors (Lipinski definition) is 5. The summed E-state index contributed by atoms with van der Waals surface area (Å²) < 4.78 is 0. The van der Waals surface area contributed by atoms with E-state index in [0.29, 0.717) is 29.5 Å². The van der Waals surface area contributed by atoms with Gasteiger partial charge in [-0.2, -0.15) is 0 Å². The molecule has 0 saturated carbocycles. The van der Waals surface area contributed by atoms with Gasteiger partial charge in [0.05, 0.1) is 16.7 Å². The van der Waals surface area contributed by atoms with Crippen LogP contribution in [-0.4, -0.2) is 23.0 Å². The molecule has 0 bridgehead atoms. The fourth-order valence-corrected chi connectivity index (χ4v) is 5.76. The minimum atomic E-state index is -0.853. The first-order valence-corrected chi connectivity index (χ1v) is 17.0. The zero-order valence-corrected chi connectivity index (χ0v) is 29.5. The summed E-state index contributed by atoms with van der Waals surface area (Å²) in [5.74, 6) is -2.22. The highest BCUT2D eigenvalue weighted by atomic mass is 35.5. The topological polar surface area (TPSA) is 89.9 Å². The van der Waals surface area contributed by atoms with Crippen LogP contribution in [-0.2, 0) is 48.3 Å². The molecule has 0 aliphatic heterocycles. The van der Waals surface area contributed by atoms with Gasteiger partial charge in [0.15, 0.2) is 0 Å². The lowest BCUT2D eigenvalue weighted by Gasteiger charge is -2.10. The van der Waals surface area contributed by atoms with E-state index in [2.05, 4.69) is 36.4 Å². The van der Waals surface area contributed by atoms with E-state index in [0.717, 1.165) is 42.4 Å². The van der Waals surface area contributed by atoms with Crippen molar-refractivity contribution in [3.05, 3.63) is 214 Å². The van der Waals surface area contributed by atoms with Gasteiger partial charge in [-0.1, -0.05) is 146 Å². The molecule has 264 valence electrons. The molecule has 0 atom stereocenters. The number of aromatic carboxylic acids is 1. The molecule has 0 saturated heterocycles. The number of carboxylic acids is 1. The highest BCUT2D eigenvalue weighted by molar-refractivity contribution is 5.94. The van der Waals surface area contributed by atoms with Crippen molar-refractivity contribution in [2.75, 3.05) is 0 Å². The minimum absolute atomic E-state index is 0. The van der Waals surface area contributed by atoms with Gasteiger partial charge in [0.2, 0.25) is 0 Å². The van der Waals surface area contributed by atoms with Crippen LogP contribution in [0.15, 0.2) is 164 Å². The number of carboxylic acid groups (broad SMARTS) is 1. The molecule has 6 nitrogen and oxygen atoms in total. The third-order valence-electron chi connectivity index (χ3n) is 8.49. The highest BCUT2D eigenvalue weighted by Gasteiger charge is 2.19. The van der Waals surface area contributed by atoms with Crippen molar-refractivity contribution in [2.24, 2.45) is 0 Å². The zero-order chi connectivity index (χ0) is 35.7. The Morgan fingerprint density at radius 2 is 0.635 bits per heavy atom. The number of carbonyl (C=O) groups excluding carboxylic acids is 2. The van der Waals surface area contributed by atoms with E-state index < -0.39 is 17.9 Å². The Balaban J connectivity index is 0.000000283. The lowest BCUT2D eigenvalue weighted by molar-refractivity contribution is -0.187. The quantitative estimate of drug-likeness (QED) is 0.100. The van der Waals surface area contributed by atoms with Crippen LogP contribution in [0.1, 0.15) is 64.5 Å². The van der Waals surface area contributed by atoms with E-state index in [1.165, 1.54) is 16.7 Å². The van der Waals surface area contributed by atoms with Gasteiger partial charge < -0.3 is 5.11 Å². The second kappa shape index (κ2) is 20.6. The standard InChI is InChI=1S/C30H26O4.C15H14O2.ClH/c31-29(27-17-9-7-15-25(27)21-19-23-11-3-1-4-12-23)33-34-30(32)28-18-10-8-16-26(28)22-20-24-13-5-2-6-14-24;16-15(17)14-9-5-4-8-13(14)11-10-12-6-2-1-3-7-12;/h1-18H,19-22H2;1-9H,10-11H2,(H,16,17);1H. The molecule has 0 heterocycles. The highest BCUT2D eigenvalue weighted by Crippen LogP contribution is 2.18. The third kappa shape index (κ3) is 11.8. The number of carbonyl (C=O) groups is 3. The number of benzene rings is 6. The van der Waals surface area contributed by atoms with Crippen molar-refractivity contribution >= 4 is 30.3 Å². The van der Waals surface area contributed by atoms with Crippen molar-refractivity contribution in [3.8, 4) is 0 Å². The van der Waals surface area contributed by atoms with Crippen LogP contribution in [0, 0.1) is 0 Å². The van der Waals surface area contributed by atoms with Gasteiger partial charge >= 0.3 is 17.9 Å². The number of rotatable bonds is 12. The van der Waals surface area contributed by atoms with Crippen LogP contribution in [0.3, 0.4) is 0 Å². The lowest BCUT2D eigenvalue weighted by atomic mass is 10.00. The maximum atomic E-state index is 12.7. The zero-order valence-electron chi connectivity index (χ0n) is 28.7. The summed E-state index contributed by atoms with van der Waals surface area (Å²) in [5, 5.41) is 9.06. The van der Waals surface area contributed by atoms with E-state index in [-0.39, 0.29) is 12.4 Å². The maximum Gasteiger partial charge on any atom is 0.386 e. The van der Waals surface area contributed by atoms with Crippen molar-refractivity contribution in [2.45, 2.75) is 38.5 Å². The van der Waals surface area contributed by atoms with Gasteiger partial charge in [-0.25, -0.2) is 24.2 Å². The molecular formula is C45H41ClO6. The van der Waals surface area contributed by atoms with Crippen LogP contribution in [0.5, 0.6) is 0 Å². The SMILES string of the molecule is Cl.O=C(O)c1ccccc1CCc1ccccc1.O=C(OOC(=O)c1ccccc1CCc1ccccc1)c1ccccc1CCc1ccccc1. The van der Waals surface area contributed by atoms with E-state index in [1.54, 1.807) is 36.4 Å². The first kappa shape index (κ1) is 38.8. The molecule has 0 radical (unpaired) electrons. The molecule has 0 unspecified atom stereocenters. The Morgan fingerprint density at radius 1 is 0.365 bits per heavy atom. The molecule has 6 rings (SSSR count). The van der Waals surface area contributed by atoms with E-state index >= 15 is 0 Å². The van der Waals surface area contributed by atoms with Crippen LogP contribution in [0.2, 0.25) is 0 Å². The summed E-state index contributed by atoms with van der Waals surface area (Å²) >= 11 is 0. The summed E-state index contributed by atoms with van der Waals surface area (Å²) in [6.07, 6.45) is 4.55. The van der Waals surface area contributed by atoms with Crippen LogP contribution in [0.25, 0.3) is 0 Å². The fourth-order valence-electron chi connectivity index (χ4n) is 5.76. The molecule has 6 aromatic rings. The smallest absolute Gasteiger partial charge is 0.386 e. The first-order chi connectivity index (χ1) is 25.0. The predicted octanol–water partition coefficient (Wildman–Crippen LogP) is 9.78. The average Bonchev–Trinajstić information content (AvgIpc) is 3.19. The van der Waals surface area contributed by atoms with E-state index in [1.807, 2.05) is 91.0 Å². The average molecular weight is 713 g/mol. The summed E-state index contributed by atoms with van der Waals surface area (Å²) in [4.78, 5) is 46.4. The van der Waals surface area contributed by atoms with Gasteiger partial charge in [0.25, 0.3) is 0 Å².